The van der Waals surface area contributed by atoms with Crippen LogP contribution in [0.25, 0.3) is 6.08 Å². The number of cyclic esters (lactones) is 1. The molecule has 0 radical (unpaired) electrons. The largest absolute Gasteiger partial charge is 0.496 e. The lowest BCUT2D eigenvalue weighted by molar-refractivity contribution is -0.130. The monoisotopic (exact) mass is 359 g/mol. The van der Waals surface area contributed by atoms with E-state index in [0.717, 1.165) is 5.56 Å². The summed E-state index contributed by atoms with van der Waals surface area (Å²) in [5, 5.41) is 0.654. The van der Waals surface area contributed by atoms with Crippen LogP contribution in [-0.4, -0.2) is 19.0 Å². The zero-order valence-corrected chi connectivity index (χ0v) is 14.2. The van der Waals surface area contributed by atoms with Crippen LogP contribution in [0.3, 0.4) is 0 Å². The molecule has 0 saturated carbocycles. The summed E-state index contributed by atoms with van der Waals surface area (Å²) in [5.74, 6) is -0.215. The quantitative estimate of drug-likeness (QED) is 0.586. The smallest absolute Gasteiger partial charge is 0.363 e. The molecule has 2 aromatic carbocycles. The maximum atomic E-state index is 13.4. The predicted molar refractivity (Wildman–Crippen MR) is 94.2 cm³/mol. The van der Waals surface area contributed by atoms with Crippen LogP contribution in [-0.2, 0) is 16.0 Å². The van der Waals surface area contributed by atoms with Crippen molar-refractivity contribution in [2.75, 3.05) is 7.11 Å². The average Bonchev–Trinajstić information content (AvgIpc) is 2.93. The van der Waals surface area contributed by atoms with Gasteiger partial charge in [0.25, 0.3) is 0 Å². The van der Waals surface area contributed by atoms with E-state index in [1.54, 1.807) is 6.07 Å². The average molecular weight is 360 g/mol. The molecule has 1 aliphatic heterocycles. The van der Waals surface area contributed by atoms with Gasteiger partial charge in [0.15, 0.2) is 11.6 Å². The first-order chi connectivity index (χ1) is 12.0. The Morgan fingerprint density at radius 3 is 2.84 bits per heavy atom. The van der Waals surface area contributed by atoms with Gasteiger partial charge in [0.05, 0.1) is 7.11 Å². The van der Waals surface area contributed by atoms with Crippen molar-refractivity contribution in [1.29, 1.82) is 0 Å². The first-order valence-electron chi connectivity index (χ1n) is 7.64. The predicted octanol–water partition coefficient (Wildman–Crippen LogP) is 4.42. The third-order valence-electron chi connectivity index (χ3n) is 3.67. The maximum Gasteiger partial charge on any atom is 0.363 e. The molecule has 128 valence electrons. The van der Waals surface area contributed by atoms with E-state index in [1.165, 1.54) is 31.4 Å². The molecule has 0 atom stereocenters. The number of carbonyl (C=O) groups excluding carboxylic acids is 1. The van der Waals surface area contributed by atoms with Gasteiger partial charge < -0.3 is 9.47 Å². The summed E-state index contributed by atoms with van der Waals surface area (Å²) in [6, 6.07) is 11.5. The molecule has 3 rings (SSSR count). The van der Waals surface area contributed by atoms with Gasteiger partial charge in [-0.15, -0.1) is 0 Å². The fraction of sp³-hybridized carbons (Fsp3) is 0.158. The van der Waals surface area contributed by atoms with Gasteiger partial charge in [-0.2, -0.15) is 0 Å². The molecule has 0 aromatic heterocycles. The summed E-state index contributed by atoms with van der Waals surface area (Å²) in [5.41, 5.74) is 1.56. The molecule has 0 amide bonds. The van der Waals surface area contributed by atoms with Crippen molar-refractivity contribution in [3.8, 4) is 5.75 Å². The first-order valence-corrected chi connectivity index (χ1v) is 8.02. The number of methoxy groups -OCH3 is 1. The Labute approximate surface area is 149 Å². The molecular formula is C19H15ClFNO3. The van der Waals surface area contributed by atoms with E-state index in [0.29, 0.717) is 35.1 Å². The maximum absolute atomic E-state index is 13.4. The van der Waals surface area contributed by atoms with E-state index >= 15 is 0 Å². The zero-order chi connectivity index (χ0) is 17.8. The fourth-order valence-electron chi connectivity index (χ4n) is 2.47. The van der Waals surface area contributed by atoms with Gasteiger partial charge in [-0.05, 0) is 48.4 Å². The van der Waals surface area contributed by atoms with E-state index in [-0.39, 0.29) is 5.70 Å². The molecule has 0 unspecified atom stereocenters. The number of esters is 1. The second-order valence-corrected chi connectivity index (χ2v) is 5.88. The van der Waals surface area contributed by atoms with Crippen LogP contribution in [0.2, 0.25) is 5.02 Å². The summed E-state index contributed by atoms with van der Waals surface area (Å²) in [4.78, 5) is 16.2. The molecule has 1 aliphatic rings. The number of rotatable bonds is 5. The Morgan fingerprint density at radius 2 is 2.08 bits per heavy atom. The number of hydrogen-bond acceptors (Lipinski definition) is 4. The lowest BCUT2D eigenvalue weighted by atomic mass is 10.1. The summed E-state index contributed by atoms with van der Waals surface area (Å²) >= 11 is 5.95. The van der Waals surface area contributed by atoms with Gasteiger partial charge in [0.2, 0.25) is 0 Å². The first kappa shape index (κ1) is 17.2. The van der Waals surface area contributed by atoms with Crippen molar-refractivity contribution < 1.29 is 18.7 Å². The fourth-order valence-corrected chi connectivity index (χ4v) is 2.68. The topological polar surface area (TPSA) is 47.9 Å². The molecule has 0 fully saturated rings. The molecule has 2 aromatic rings. The van der Waals surface area contributed by atoms with E-state index in [4.69, 9.17) is 21.1 Å². The van der Waals surface area contributed by atoms with Crippen molar-refractivity contribution in [2.45, 2.75) is 12.8 Å². The highest BCUT2D eigenvalue weighted by atomic mass is 35.5. The van der Waals surface area contributed by atoms with Crippen LogP contribution in [0.5, 0.6) is 5.75 Å². The van der Waals surface area contributed by atoms with Gasteiger partial charge in [-0.25, -0.2) is 14.2 Å². The van der Waals surface area contributed by atoms with E-state index in [1.807, 2.05) is 18.2 Å². The van der Waals surface area contributed by atoms with Crippen LogP contribution in [0.4, 0.5) is 4.39 Å². The molecule has 0 aliphatic carbocycles. The molecule has 25 heavy (non-hydrogen) atoms. The van der Waals surface area contributed by atoms with Gasteiger partial charge in [-0.1, -0.05) is 23.7 Å². The molecule has 0 N–H and O–H groups in total. The minimum Gasteiger partial charge on any atom is -0.496 e. The molecule has 0 spiro atoms. The summed E-state index contributed by atoms with van der Waals surface area (Å²) in [7, 11) is 1.47. The van der Waals surface area contributed by atoms with Gasteiger partial charge in [-0.3, -0.25) is 0 Å². The minimum atomic E-state index is -0.563. The van der Waals surface area contributed by atoms with Gasteiger partial charge in [0, 0.05) is 17.0 Å². The summed E-state index contributed by atoms with van der Waals surface area (Å²) in [6.07, 6.45) is 2.56. The highest BCUT2D eigenvalue weighted by Crippen LogP contribution is 2.25. The van der Waals surface area contributed by atoms with Crippen molar-refractivity contribution in [3.05, 3.63) is 70.1 Å². The second-order valence-electron chi connectivity index (χ2n) is 5.44. The van der Waals surface area contributed by atoms with Crippen LogP contribution in [0.1, 0.15) is 17.5 Å². The standard InChI is InChI=1S/C19H15ClFNO3/c1-24-17-7-6-15(21)10-13(17)11-16-19(23)25-18(22-16)8-5-12-3-2-4-14(20)9-12/h2-4,6-7,9-11H,5,8H2,1H3/b16-11+. The van der Waals surface area contributed by atoms with Gasteiger partial charge >= 0.3 is 5.97 Å². The number of aryl methyl sites for hydroxylation is 1. The van der Waals surface area contributed by atoms with Crippen LogP contribution < -0.4 is 4.74 Å². The second kappa shape index (κ2) is 7.49. The molecule has 0 saturated heterocycles. The highest BCUT2D eigenvalue weighted by Gasteiger charge is 2.23. The summed E-state index contributed by atoms with van der Waals surface area (Å²) < 4.78 is 23.8. The number of ether oxygens (including phenoxy) is 2. The molecule has 0 bridgehead atoms. The third-order valence-corrected chi connectivity index (χ3v) is 3.90. The SMILES string of the molecule is COc1ccc(F)cc1/C=C1/N=C(CCc2cccc(Cl)c2)OC1=O. The van der Waals surface area contributed by atoms with E-state index < -0.39 is 11.8 Å². The number of halogens is 2. The Morgan fingerprint density at radius 1 is 1.24 bits per heavy atom. The number of hydrogen-bond donors (Lipinski definition) is 0. The van der Waals surface area contributed by atoms with Gasteiger partial charge in [0.1, 0.15) is 11.6 Å². The minimum absolute atomic E-state index is 0.116. The van der Waals surface area contributed by atoms with Crippen molar-refractivity contribution in [1.82, 2.24) is 0 Å². The number of carbonyl (C=O) groups is 1. The molecule has 1 heterocycles. The van der Waals surface area contributed by atoms with Crippen molar-refractivity contribution in [3.63, 3.8) is 0 Å². The van der Waals surface area contributed by atoms with E-state index in [9.17, 15) is 9.18 Å². The van der Waals surface area contributed by atoms with Crippen molar-refractivity contribution >= 4 is 29.5 Å². The number of benzene rings is 2. The third kappa shape index (κ3) is 4.25. The number of nitrogens with zero attached hydrogens (tertiary/aromatic N) is 1. The van der Waals surface area contributed by atoms with Crippen molar-refractivity contribution in [2.24, 2.45) is 4.99 Å². The highest BCUT2D eigenvalue weighted by molar-refractivity contribution is 6.30. The van der Waals surface area contributed by atoms with Crippen LogP contribution in [0.15, 0.2) is 53.2 Å². The normalized spacial score (nSPS) is 15.2. The summed E-state index contributed by atoms with van der Waals surface area (Å²) in [6.45, 7) is 0. The van der Waals surface area contributed by atoms with Crippen LogP contribution in [0, 0.1) is 5.82 Å². The molecule has 6 heteroatoms. The molecule has 4 nitrogen and oxygen atoms in total. The zero-order valence-electron chi connectivity index (χ0n) is 13.5. The Bertz CT molecular complexity index is 877. The molecular weight excluding hydrogens is 345 g/mol. The van der Waals surface area contributed by atoms with E-state index in [2.05, 4.69) is 4.99 Å². The lowest BCUT2D eigenvalue weighted by Crippen LogP contribution is -2.05. The Balaban J connectivity index is 1.77. The number of aliphatic imine (C=N–C) groups is 1. The van der Waals surface area contributed by atoms with Crippen LogP contribution >= 0.6 is 11.6 Å². The Kier molecular flexibility index (Phi) is 5.14. The Hall–Kier alpha value is -2.66. The lowest BCUT2D eigenvalue weighted by Gasteiger charge is -2.04.